The van der Waals surface area contributed by atoms with Gasteiger partial charge in [0.2, 0.25) is 5.91 Å². The average molecular weight is 417 g/mol. The fraction of sp³-hybridized carbons (Fsp3) is 0.308. The van der Waals surface area contributed by atoms with Crippen molar-refractivity contribution in [2.75, 3.05) is 7.11 Å². The van der Waals surface area contributed by atoms with E-state index in [9.17, 15) is 9.59 Å². The van der Waals surface area contributed by atoms with E-state index in [1.807, 2.05) is 30.3 Å². The lowest BCUT2D eigenvalue weighted by Gasteiger charge is -2.37. The summed E-state index contributed by atoms with van der Waals surface area (Å²) < 4.78 is 4.89. The Balaban J connectivity index is 1.35. The summed E-state index contributed by atoms with van der Waals surface area (Å²) in [7, 11) is 1.34. The molecule has 1 fully saturated rings. The molecule has 0 heterocycles. The Hall–Kier alpha value is -3.18. The summed E-state index contributed by atoms with van der Waals surface area (Å²) in [6.07, 6.45) is 1.51. The molecule has 1 saturated carbocycles. The van der Waals surface area contributed by atoms with Gasteiger partial charge in [0.05, 0.1) is 7.11 Å². The minimum absolute atomic E-state index is 0.102. The SMILES string of the molecule is COC(=O)[C@H](NC(=O)C1CC(NC(C)c2cccc3ccccc23)C1)c1ccccc1. The molecule has 1 unspecified atom stereocenters. The molecule has 1 amide bonds. The molecule has 0 spiro atoms. The van der Waals surface area contributed by atoms with Crippen LogP contribution in [0.5, 0.6) is 0 Å². The number of nitrogens with one attached hydrogen (secondary N) is 2. The second-order valence-electron chi connectivity index (χ2n) is 8.20. The zero-order chi connectivity index (χ0) is 21.8. The van der Waals surface area contributed by atoms with Gasteiger partial charge in [0.25, 0.3) is 0 Å². The van der Waals surface area contributed by atoms with Gasteiger partial charge in [-0.2, -0.15) is 0 Å². The topological polar surface area (TPSA) is 67.4 Å². The number of rotatable bonds is 7. The van der Waals surface area contributed by atoms with E-state index in [2.05, 4.69) is 60.0 Å². The molecular weight excluding hydrogens is 388 g/mol. The summed E-state index contributed by atoms with van der Waals surface area (Å²) in [6, 6.07) is 23.6. The minimum Gasteiger partial charge on any atom is -0.467 e. The number of hydrogen-bond donors (Lipinski definition) is 2. The quantitative estimate of drug-likeness (QED) is 0.564. The van der Waals surface area contributed by atoms with Crippen molar-refractivity contribution >= 4 is 22.6 Å². The molecule has 0 radical (unpaired) electrons. The van der Waals surface area contributed by atoms with Crippen molar-refractivity contribution in [1.82, 2.24) is 10.6 Å². The summed E-state index contributed by atoms with van der Waals surface area (Å²) in [5.41, 5.74) is 1.99. The summed E-state index contributed by atoms with van der Waals surface area (Å²) in [5, 5.41) is 9.01. The zero-order valence-corrected chi connectivity index (χ0v) is 17.9. The standard InChI is InChI=1S/C26H28N2O3/c1-17(22-14-8-12-18-9-6-7-13-23(18)22)27-21-15-20(16-21)25(29)28-24(26(30)31-2)19-10-4-3-5-11-19/h3-14,17,20-21,24,27H,15-16H2,1-2H3,(H,28,29)/t17?,20?,21?,24-/m1/s1. The highest BCUT2D eigenvalue weighted by atomic mass is 16.5. The molecule has 0 aromatic heterocycles. The minimum atomic E-state index is -0.777. The Morgan fingerprint density at radius 2 is 1.61 bits per heavy atom. The number of ether oxygens (including phenoxy) is 1. The van der Waals surface area contributed by atoms with Crippen molar-refractivity contribution in [3.63, 3.8) is 0 Å². The Bertz CT molecular complexity index is 1060. The largest absolute Gasteiger partial charge is 0.467 e. The summed E-state index contributed by atoms with van der Waals surface area (Å²) in [6.45, 7) is 2.16. The highest BCUT2D eigenvalue weighted by Gasteiger charge is 2.37. The van der Waals surface area contributed by atoms with Gasteiger partial charge in [0.15, 0.2) is 6.04 Å². The highest BCUT2D eigenvalue weighted by molar-refractivity contribution is 5.87. The predicted octanol–water partition coefficient (Wildman–Crippen LogP) is 4.30. The first kappa shape index (κ1) is 21.1. The second kappa shape index (κ2) is 9.31. The van der Waals surface area contributed by atoms with Crippen LogP contribution in [-0.2, 0) is 14.3 Å². The molecule has 0 bridgehead atoms. The van der Waals surface area contributed by atoms with Crippen molar-refractivity contribution in [2.24, 2.45) is 5.92 Å². The molecule has 3 aromatic rings. The van der Waals surface area contributed by atoms with E-state index in [4.69, 9.17) is 4.74 Å². The number of carbonyl (C=O) groups excluding carboxylic acids is 2. The van der Waals surface area contributed by atoms with Gasteiger partial charge in [-0.1, -0.05) is 72.8 Å². The Kier molecular flexibility index (Phi) is 6.33. The first-order chi connectivity index (χ1) is 15.1. The molecular formula is C26H28N2O3. The van der Waals surface area contributed by atoms with Gasteiger partial charge >= 0.3 is 5.97 Å². The third-order valence-corrected chi connectivity index (χ3v) is 6.14. The predicted molar refractivity (Wildman–Crippen MR) is 121 cm³/mol. The van der Waals surface area contributed by atoms with E-state index in [0.29, 0.717) is 0 Å². The van der Waals surface area contributed by atoms with Crippen LogP contribution in [0.15, 0.2) is 72.8 Å². The molecule has 2 N–H and O–H groups in total. The second-order valence-corrected chi connectivity index (χ2v) is 8.20. The third kappa shape index (κ3) is 4.62. The van der Waals surface area contributed by atoms with E-state index in [1.54, 1.807) is 0 Å². The number of methoxy groups -OCH3 is 1. The monoisotopic (exact) mass is 416 g/mol. The number of hydrogen-bond acceptors (Lipinski definition) is 4. The average Bonchev–Trinajstić information content (AvgIpc) is 2.78. The van der Waals surface area contributed by atoms with E-state index in [1.165, 1.54) is 23.4 Å². The molecule has 160 valence electrons. The molecule has 1 aliphatic rings. The number of fused-ring (bicyclic) bond motifs is 1. The highest BCUT2D eigenvalue weighted by Crippen LogP contribution is 2.32. The maximum atomic E-state index is 12.8. The number of esters is 1. The van der Waals surface area contributed by atoms with E-state index in [-0.39, 0.29) is 23.9 Å². The van der Waals surface area contributed by atoms with Gasteiger partial charge in [-0.05, 0) is 41.7 Å². The number of benzene rings is 3. The first-order valence-corrected chi connectivity index (χ1v) is 10.7. The Morgan fingerprint density at radius 1 is 0.935 bits per heavy atom. The molecule has 0 saturated heterocycles. The van der Waals surface area contributed by atoms with Crippen LogP contribution < -0.4 is 10.6 Å². The van der Waals surface area contributed by atoms with Gasteiger partial charge in [-0.15, -0.1) is 0 Å². The van der Waals surface area contributed by atoms with E-state index < -0.39 is 12.0 Å². The lowest BCUT2D eigenvalue weighted by Crippen LogP contribution is -2.49. The van der Waals surface area contributed by atoms with Crippen LogP contribution in [0, 0.1) is 5.92 Å². The van der Waals surface area contributed by atoms with Crippen LogP contribution in [0.25, 0.3) is 10.8 Å². The Labute approximate surface area is 182 Å². The van der Waals surface area contributed by atoms with Crippen LogP contribution in [0.3, 0.4) is 0 Å². The summed E-state index contributed by atoms with van der Waals surface area (Å²) in [4.78, 5) is 25.0. The maximum Gasteiger partial charge on any atom is 0.333 e. The van der Waals surface area contributed by atoms with Gasteiger partial charge in [-0.25, -0.2) is 4.79 Å². The zero-order valence-electron chi connectivity index (χ0n) is 17.9. The lowest BCUT2D eigenvalue weighted by molar-refractivity contribution is -0.146. The third-order valence-electron chi connectivity index (χ3n) is 6.14. The first-order valence-electron chi connectivity index (χ1n) is 10.7. The lowest BCUT2D eigenvalue weighted by atomic mass is 9.78. The van der Waals surface area contributed by atoms with Crippen LogP contribution in [0.4, 0.5) is 0 Å². The van der Waals surface area contributed by atoms with Crippen molar-refractivity contribution in [3.05, 3.63) is 83.9 Å². The molecule has 2 atom stereocenters. The maximum absolute atomic E-state index is 12.8. The molecule has 31 heavy (non-hydrogen) atoms. The summed E-state index contributed by atoms with van der Waals surface area (Å²) in [5.74, 6) is -0.665. The van der Waals surface area contributed by atoms with E-state index >= 15 is 0 Å². The van der Waals surface area contributed by atoms with Crippen molar-refractivity contribution in [1.29, 1.82) is 0 Å². The molecule has 3 aromatic carbocycles. The number of carbonyl (C=O) groups is 2. The fourth-order valence-electron chi connectivity index (χ4n) is 4.34. The van der Waals surface area contributed by atoms with Crippen molar-refractivity contribution in [3.8, 4) is 0 Å². The summed E-state index contributed by atoms with van der Waals surface area (Å²) >= 11 is 0. The van der Waals surface area contributed by atoms with Gasteiger partial charge in [0, 0.05) is 18.0 Å². The smallest absolute Gasteiger partial charge is 0.333 e. The molecule has 5 heteroatoms. The molecule has 4 rings (SSSR count). The normalized spacial score (nSPS) is 19.8. The van der Waals surface area contributed by atoms with Crippen molar-refractivity contribution in [2.45, 2.75) is 37.9 Å². The van der Waals surface area contributed by atoms with Crippen LogP contribution in [-0.4, -0.2) is 25.0 Å². The van der Waals surface area contributed by atoms with Crippen molar-refractivity contribution < 1.29 is 14.3 Å². The van der Waals surface area contributed by atoms with Gasteiger partial charge in [-0.3, -0.25) is 4.79 Å². The molecule has 1 aliphatic carbocycles. The van der Waals surface area contributed by atoms with E-state index in [0.717, 1.165) is 18.4 Å². The van der Waals surface area contributed by atoms with Crippen LogP contribution in [0.1, 0.15) is 43.0 Å². The van der Waals surface area contributed by atoms with Gasteiger partial charge < -0.3 is 15.4 Å². The van der Waals surface area contributed by atoms with Gasteiger partial charge in [0.1, 0.15) is 0 Å². The number of amides is 1. The Morgan fingerprint density at radius 3 is 2.35 bits per heavy atom. The van der Waals surface area contributed by atoms with Crippen LogP contribution >= 0.6 is 0 Å². The van der Waals surface area contributed by atoms with Crippen LogP contribution in [0.2, 0.25) is 0 Å². The fourth-order valence-corrected chi connectivity index (χ4v) is 4.34. The molecule has 5 nitrogen and oxygen atoms in total. The molecule has 0 aliphatic heterocycles.